The first-order valence-electron chi connectivity index (χ1n) is 6.48. The Morgan fingerprint density at radius 3 is 2.43 bits per heavy atom. The number of hydrogen-bond acceptors (Lipinski definition) is 5. The van der Waals surface area contributed by atoms with E-state index in [1.165, 1.54) is 37.4 Å². The molecular weight excluding hydrogens is 302 g/mol. The quantitative estimate of drug-likeness (QED) is 0.636. The number of carbonyl (C=O) groups excluding carboxylic acids is 2. The number of amides is 2. The van der Waals surface area contributed by atoms with E-state index < -0.39 is 11.9 Å². The molecule has 118 valence electrons. The molecule has 23 heavy (non-hydrogen) atoms. The molecule has 0 aliphatic carbocycles. The van der Waals surface area contributed by atoms with E-state index in [-0.39, 0.29) is 34.3 Å². The summed E-state index contributed by atoms with van der Waals surface area (Å²) in [6.45, 7) is 1.31. The Labute approximate surface area is 130 Å². The molecule has 0 bridgehead atoms. The number of hydrogen-bond donors (Lipinski definition) is 4. The third kappa shape index (κ3) is 4.03. The van der Waals surface area contributed by atoms with Crippen molar-refractivity contribution in [1.29, 1.82) is 0 Å². The highest BCUT2D eigenvalue weighted by atomic mass is 16.4. The summed E-state index contributed by atoms with van der Waals surface area (Å²) in [4.78, 5) is 38.0. The highest BCUT2D eigenvalue weighted by Crippen LogP contribution is 2.25. The minimum atomic E-state index is -1.18. The van der Waals surface area contributed by atoms with Gasteiger partial charge in [0.05, 0.1) is 11.3 Å². The number of rotatable bonds is 4. The maximum absolute atomic E-state index is 12.2. The third-order valence-corrected chi connectivity index (χ3v) is 2.82. The fourth-order valence-corrected chi connectivity index (χ4v) is 1.78. The molecular formula is C15H13N3O5. The normalized spacial score (nSPS) is 9.96. The van der Waals surface area contributed by atoms with Crippen LogP contribution in [-0.4, -0.2) is 33.0 Å². The molecule has 4 N–H and O–H groups in total. The monoisotopic (exact) mass is 315 g/mol. The number of carbonyl (C=O) groups is 3. The predicted octanol–water partition coefficient (Wildman–Crippen LogP) is 1.70. The molecule has 8 heteroatoms. The Morgan fingerprint density at radius 2 is 1.78 bits per heavy atom. The van der Waals surface area contributed by atoms with Crippen LogP contribution < -0.4 is 10.6 Å². The zero-order valence-electron chi connectivity index (χ0n) is 12.0. The van der Waals surface area contributed by atoms with Gasteiger partial charge in [-0.1, -0.05) is 0 Å². The average molecular weight is 315 g/mol. The van der Waals surface area contributed by atoms with Crippen molar-refractivity contribution in [1.82, 2.24) is 4.98 Å². The summed E-state index contributed by atoms with van der Waals surface area (Å²) in [7, 11) is 0. The Kier molecular flexibility index (Phi) is 4.55. The molecule has 0 spiro atoms. The second-order valence-corrected chi connectivity index (χ2v) is 4.60. The predicted molar refractivity (Wildman–Crippen MR) is 81.6 cm³/mol. The number of carboxylic acids is 1. The summed E-state index contributed by atoms with van der Waals surface area (Å²) >= 11 is 0. The van der Waals surface area contributed by atoms with Crippen molar-refractivity contribution in [2.75, 3.05) is 10.6 Å². The van der Waals surface area contributed by atoms with E-state index in [1.807, 2.05) is 0 Å². The molecule has 0 saturated carbocycles. The Balaban J connectivity index is 2.24. The van der Waals surface area contributed by atoms with Crippen LogP contribution in [0, 0.1) is 0 Å². The second kappa shape index (κ2) is 6.56. The van der Waals surface area contributed by atoms with Crippen LogP contribution in [-0.2, 0) is 4.79 Å². The van der Waals surface area contributed by atoms with Gasteiger partial charge in [0.2, 0.25) is 5.91 Å². The first kappa shape index (κ1) is 16.0. The molecule has 0 unspecified atom stereocenters. The van der Waals surface area contributed by atoms with Crippen molar-refractivity contribution < 1.29 is 24.6 Å². The molecule has 0 saturated heterocycles. The Hall–Kier alpha value is -3.42. The van der Waals surface area contributed by atoms with Crippen LogP contribution >= 0.6 is 0 Å². The van der Waals surface area contributed by atoms with Gasteiger partial charge in [0.15, 0.2) is 0 Å². The summed E-state index contributed by atoms with van der Waals surface area (Å²) in [6.07, 6.45) is 1.34. The number of nitrogens with zero attached hydrogens (tertiary/aromatic N) is 1. The van der Waals surface area contributed by atoms with Crippen molar-refractivity contribution in [2.45, 2.75) is 6.92 Å². The zero-order chi connectivity index (χ0) is 17.0. The number of phenolic OH excluding ortho intramolecular Hbond substituents is 1. The zero-order valence-corrected chi connectivity index (χ0v) is 12.0. The van der Waals surface area contributed by atoms with E-state index in [4.69, 9.17) is 5.11 Å². The third-order valence-electron chi connectivity index (χ3n) is 2.82. The van der Waals surface area contributed by atoms with E-state index in [2.05, 4.69) is 15.6 Å². The molecule has 2 aromatic rings. The maximum atomic E-state index is 12.2. The summed E-state index contributed by atoms with van der Waals surface area (Å²) in [5.74, 6) is -2.16. The van der Waals surface area contributed by atoms with Crippen molar-refractivity contribution >= 4 is 29.3 Å². The van der Waals surface area contributed by atoms with Crippen molar-refractivity contribution in [2.24, 2.45) is 0 Å². The van der Waals surface area contributed by atoms with E-state index in [0.29, 0.717) is 0 Å². The number of anilines is 2. The lowest BCUT2D eigenvalue weighted by molar-refractivity contribution is -0.114. The number of aromatic hydroxyl groups is 1. The summed E-state index contributed by atoms with van der Waals surface area (Å²) < 4.78 is 0. The molecule has 2 amide bonds. The highest BCUT2D eigenvalue weighted by molar-refractivity contribution is 6.06. The van der Waals surface area contributed by atoms with E-state index >= 15 is 0 Å². The highest BCUT2D eigenvalue weighted by Gasteiger charge is 2.13. The first-order valence-corrected chi connectivity index (χ1v) is 6.48. The standard InChI is InChI=1S/C15H13N3O5/c1-8(19)17-13-7-9(4-5-16-13)14(21)18-11-6-10(15(22)23)2-3-12(11)20/h2-7,20H,1H3,(H,18,21)(H,22,23)(H,16,17,19). The minimum Gasteiger partial charge on any atom is -0.506 e. The average Bonchev–Trinajstić information content (AvgIpc) is 2.48. The molecule has 2 rings (SSSR count). The second-order valence-electron chi connectivity index (χ2n) is 4.60. The first-order chi connectivity index (χ1) is 10.9. The number of aromatic nitrogens is 1. The van der Waals surface area contributed by atoms with Gasteiger partial charge in [0.25, 0.3) is 5.91 Å². The number of nitrogens with one attached hydrogen (secondary N) is 2. The van der Waals surface area contributed by atoms with E-state index in [0.717, 1.165) is 6.07 Å². The van der Waals surface area contributed by atoms with Crippen LogP contribution in [0.25, 0.3) is 0 Å². The summed E-state index contributed by atoms with van der Waals surface area (Å²) in [5, 5.41) is 23.5. The van der Waals surface area contributed by atoms with Gasteiger partial charge in [-0.15, -0.1) is 0 Å². The van der Waals surface area contributed by atoms with Crippen molar-refractivity contribution in [3.05, 3.63) is 47.7 Å². The van der Waals surface area contributed by atoms with Gasteiger partial charge >= 0.3 is 5.97 Å². The van der Waals surface area contributed by atoms with Gasteiger partial charge in [-0.3, -0.25) is 9.59 Å². The number of carboxylic acid groups (broad SMARTS) is 1. The van der Waals surface area contributed by atoms with Crippen molar-refractivity contribution in [3.63, 3.8) is 0 Å². The molecule has 0 fully saturated rings. The lowest BCUT2D eigenvalue weighted by atomic mass is 10.1. The van der Waals surface area contributed by atoms with Crippen LogP contribution in [0.3, 0.4) is 0 Å². The molecule has 1 heterocycles. The van der Waals surface area contributed by atoms with Gasteiger partial charge < -0.3 is 20.8 Å². The van der Waals surface area contributed by atoms with Crippen molar-refractivity contribution in [3.8, 4) is 5.75 Å². The topological polar surface area (TPSA) is 129 Å². The van der Waals surface area contributed by atoms with Crippen LogP contribution in [0.2, 0.25) is 0 Å². The van der Waals surface area contributed by atoms with Gasteiger partial charge in [-0.25, -0.2) is 9.78 Å². The van der Waals surface area contributed by atoms with Crippen LogP contribution in [0.4, 0.5) is 11.5 Å². The molecule has 0 aliphatic rings. The minimum absolute atomic E-state index is 0.0345. The van der Waals surface area contributed by atoms with Gasteiger partial charge in [-0.2, -0.15) is 0 Å². The van der Waals surface area contributed by atoms with Crippen LogP contribution in [0.1, 0.15) is 27.6 Å². The molecule has 8 nitrogen and oxygen atoms in total. The Morgan fingerprint density at radius 1 is 1.04 bits per heavy atom. The molecule has 0 atom stereocenters. The van der Waals surface area contributed by atoms with E-state index in [1.54, 1.807) is 0 Å². The Bertz CT molecular complexity index is 788. The van der Waals surface area contributed by atoms with E-state index in [9.17, 15) is 19.5 Å². The van der Waals surface area contributed by atoms with Crippen LogP contribution in [0.5, 0.6) is 5.75 Å². The largest absolute Gasteiger partial charge is 0.506 e. The molecule has 0 aliphatic heterocycles. The fourth-order valence-electron chi connectivity index (χ4n) is 1.78. The van der Waals surface area contributed by atoms with Crippen LogP contribution in [0.15, 0.2) is 36.5 Å². The maximum Gasteiger partial charge on any atom is 0.335 e. The lowest BCUT2D eigenvalue weighted by Crippen LogP contribution is -2.14. The molecule has 0 radical (unpaired) electrons. The van der Waals surface area contributed by atoms with Gasteiger partial charge in [0.1, 0.15) is 11.6 Å². The summed E-state index contributed by atoms with van der Waals surface area (Å²) in [5.41, 5.74) is 0.0726. The lowest BCUT2D eigenvalue weighted by Gasteiger charge is -2.09. The number of pyridine rings is 1. The number of aromatic carboxylic acids is 1. The molecule has 1 aromatic carbocycles. The fraction of sp³-hybridized carbons (Fsp3) is 0.0667. The van der Waals surface area contributed by atoms with Gasteiger partial charge in [0, 0.05) is 18.7 Å². The number of phenols is 1. The smallest absolute Gasteiger partial charge is 0.335 e. The van der Waals surface area contributed by atoms with Gasteiger partial charge in [-0.05, 0) is 30.3 Å². The number of benzene rings is 1. The SMILES string of the molecule is CC(=O)Nc1cc(C(=O)Nc2cc(C(=O)O)ccc2O)ccn1. The molecule has 1 aromatic heterocycles. The summed E-state index contributed by atoms with van der Waals surface area (Å²) in [6, 6.07) is 6.31.